The molecule has 104 heavy (non-hydrogen) atoms. The van der Waals surface area contributed by atoms with Gasteiger partial charge in [0.1, 0.15) is 0 Å². The number of hydrogen-bond donors (Lipinski definition) is 0. The molecule has 0 amide bonds. The molecule has 0 N–H and O–H groups in total. The average Bonchev–Trinajstić information content (AvgIpc) is 0.737. The molecule has 0 atom stereocenters. The molecule has 19 rings (SSSR count). The second-order valence-corrected chi connectivity index (χ2v) is 25.8. The largest absolute Gasteiger partial charge is 0.264 e. The molecule has 6 heterocycles. The number of aromatic nitrogens is 8. The first-order valence-corrected chi connectivity index (χ1v) is 34.8. The van der Waals surface area contributed by atoms with Gasteiger partial charge >= 0.3 is 0 Å². The van der Waals surface area contributed by atoms with E-state index in [9.17, 15) is 0 Å². The fourth-order valence-corrected chi connectivity index (χ4v) is 14.6. The van der Waals surface area contributed by atoms with Crippen LogP contribution in [0.5, 0.6) is 0 Å². The van der Waals surface area contributed by atoms with Gasteiger partial charge in [-0.1, -0.05) is 267 Å². The van der Waals surface area contributed by atoms with Crippen molar-refractivity contribution >= 4 is 54.0 Å². The van der Waals surface area contributed by atoms with E-state index in [2.05, 4.69) is 288 Å². The molecule has 0 spiro atoms. The number of pyridine rings is 4. The van der Waals surface area contributed by atoms with Crippen LogP contribution in [0.4, 0.5) is 0 Å². The van der Waals surface area contributed by atoms with Crippen molar-refractivity contribution in [1.82, 2.24) is 39.9 Å². The van der Waals surface area contributed by atoms with Gasteiger partial charge in [0.05, 0.1) is 28.3 Å². The molecule has 8 nitrogen and oxygen atoms in total. The topological polar surface area (TPSA) is 103 Å². The average molecular weight is 1330 g/mol. The fraction of sp³-hybridized carbons (Fsp3) is 0. The first kappa shape index (κ1) is 62.2. The first-order chi connectivity index (χ1) is 51.6. The van der Waals surface area contributed by atoms with E-state index in [4.69, 9.17) is 24.9 Å². The third kappa shape index (κ3) is 12.1. The van der Waals surface area contributed by atoms with Crippen molar-refractivity contribution in [1.29, 1.82) is 0 Å². The Morgan fingerprint density at radius 2 is 0.471 bits per heavy atom. The van der Waals surface area contributed by atoms with E-state index in [0.717, 1.165) is 112 Å². The van der Waals surface area contributed by atoms with E-state index in [-0.39, 0.29) is 0 Å². The smallest absolute Gasteiger partial charge is 0.160 e. The van der Waals surface area contributed by atoms with Crippen molar-refractivity contribution in [2.24, 2.45) is 0 Å². The molecule has 0 saturated carbocycles. The minimum Gasteiger partial charge on any atom is -0.264 e. The molecule has 0 aliphatic carbocycles. The first-order valence-electron chi connectivity index (χ1n) is 34.8. The van der Waals surface area contributed by atoms with Crippen LogP contribution in [0.2, 0.25) is 0 Å². The number of hydrogen-bond acceptors (Lipinski definition) is 8. The lowest BCUT2D eigenvalue weighted by Crippen LogP contribution is -1.97. The van der Waals surface area contributed by atoms with Gasteiger partial charge in [-0.05, 0) is 154 Å². The van der Waals surface area contributed by atoms with Crippen LogP contribution in [0, 0.1) is 0 Å². The monoisotopic (exact) mass is 1330 g/mol. The molecule has 0 radical (unpaired) electrons. The van der Waals surface area contributed by atoms with Gasteiger partial charge in [0.25, 0.3) is 0 Å². The highest BCUT2D eigenvalue weighted by molar-refractivity contribution is 6.23. The summed E-state index contributed by atoms with van der Waals surface area (Å²) in [6.45, 7) is 0. The summed E-state index contributed by atoms with van der Waals surface area (Å²) in [7, 11) is 0. The molecule has 0 fully saturated rings. The molecular formula is C96H62N8. The van der Waals surface area contributed by atoms with Crippen LogP contribution >= 0.6 is 0 Å². The molecule has 13 aromatic carbocycles. The lowest BCUT2D eigenvalue weighted by molar-refractivity contribution is 1.18. The van der Waals surface area contributed by atoms with Crippen molar-refractivity contribution in [2.45, 2.75) is 0 Å². The highest BCUT2D eigenvalue weighted by Crippen LogP contribution is 2.47. The predicted octanol–water partition coefficient (Wildman–Crippen LogP) is 24.3. The summed E-state index contributed by atoms with van der Waals surface area (Å²) in [5, 5.41) is 10.6. The van der Waals surface area contributed by atoms with E-state index >= 15 is 0 Å². The van der Waals surface area contributed by atoms with Crippen molar-refractivity contribution in [3.05, 3.63) is 377 Å². The van der Waals surface area contributed by atoms with E-state index in [1.165, 1.54) is 65.3 Å². The number of nitrogens with zero attached hydrogens (tertiary/aromatic N) is 8. The van der Waals surface area contributed by atoms with Gasteiger partial charge in [0.15, 0.2) is 11.6 Å². The fourth-order valence-electron chi connectivity index (χ4n) is 14.6. The zero-order valence-corrected chi connectivity index (χ0v) is 56.4. The molecule has 486 valence electrons. The molecular weight excluding hydrogens is 1270 g/mol. The van der Waals surface area contributed by atoms with Crippen LogP contribution in [-0.4, -0.2) is 39.9 Å². The molecule has 0 bridgehead atoms. The predicted molar refractivity (Wildman–Crippen MR) is 428 cm³/mol. The summed E-state index contributed by atoms with van der Waals surface area (Å²) >= 11 is 0. The number of rotatable bonds is 12. The lowest BCUT2D eigenvalue weighted by Gasteiger charge is -2.18. The van der Waals surface area contributed by atoms with Crippen LogP contribution in [0.15, 0.2) is 377 Å². The zero-order chi connectivity index (χ0) is 69.1. The van der Waals surface area contributed by atoms with Gasteiger partial charge in [-0.15, -0.1) is 0 Å². The van der Waals surface area contributed by atoms with Crippen molar-refractivity contribution in [3.8, 4) is 135 Å². The van der Waals surface area contributed by atoms with E-state index in [0.29, 0.717) is 11.6 Å². The summed E-state index contributed by atoms with van der Waals surface area (Å²) in [5.74, 6) is 1.35. The Morgan fingerprint density at radius 1 is 0.173 bits per heavy atom. The minimum atomic E-state index is 0.674. The Morgan fingerprint density at radius 3 is 0.875 bits per heavy atom. The number of benzene rings is 13. The SMILES string of the molecule is c1ccc(-c2cc(-c3cccc(-c4cccnc4)c3)nc(-c3cccc(-c4c5ccccc5c(-c5cccnc5)c5ccccc45)c3)n2)cc1.c1ccc(-c2cc(-c3cccc(-c4cccnc4)c3)nc(-c3cccc(-c4c5ccccc5c(-c5cnc6ccccc6c5)c5ccccc45)c3)n2)cc1. The zero-order valence-electron chi connectivity index (χ0n) is 56.4. The van der Waals surface area contributed by atoms with Gasteiger partial charge in [-0.3, -0.25) is 19.9 Å². The Hall–Kier alpha value is -14.1. The maximum atomic E-state index is 5.24. The second-order valence-electron chi connectivity index (χ2n) is 25.8. The standard InChI is InChI=1S/C50H32N4.C46H30N4/c1-2-13-33(14-3-1)46-30-47(36-17-10-16-34(27-36)39-20-12-26-51-31-39)54-50(53-46)38-19-11-18-37(29-38)48-41-21-5-7-23-43(41)49(44-24-8-6-22-42(44)48)40-28-35-15-4-9-25-45(35)52-32-40;1-2-12-31(13-3-1)42-28-43(33-15-8-14-32(26-33)36-18-10-24-47-29-36)50-46(49-42)35-17-9-16-34(27-35)44-38-20-4-6-22-40(38)45(37-19-11-25-48-30-37)41-23-7-5-21-39(41)44/h1-32H;1-30H. The van der Waals surface area contributed by atoms with Crippen LogP contribution in [0.3, 0.4) is 0 Å². The third-order valence-corrected chi connectivity index (χ3v) is 19.4. The van der Waals surface area contributed by atoms with E-state index < -0.39 is 0 Å². The van der Waals surface area contributed by atoms with Crippen LogP contribution < -0.4 is 0 Å². The molecule has 8 heteroatoms. The molecule has 0 saturated heterocycles. The van der Waals surface area contributed by atoms with Crippen LogP contribution in [0.25, 0.3) is 189 Å². The Bertz CT molecular complexity index is 6300. The molecule has 6 aromatic heterocycles. The van der Waals surface area contributed by atoms with Gasteiger partial charge < -0.3 is 0 Å². The molecule has 0 aliphatic rings. The quantitative estimate of drug-likeness (QED) is 0.111. The maximum absolute atomic E-state index is 5.24. The Kier molecular flexibility index (Phi) is 16.5. The van der Waals surface area contributed by atoms with Gasteiger partial charge in [-0.25, -0.2) is 19.9 Å². The van der Waals surface area contributed by atoms with Crippen LogP contribution in [0.1, 0.15) is 0 Å². The van der Waals surface area contributed by atoms with Crippen LogP contribution in [-0.2, 0) is 0 Å². The van der Waals surface area contributed by atoms with Crippen molar-refractivity contribution in [3.63, 3.8) is 0 Å². The molecule has 19 aromatic rings. The highest BCUT2D eigenvalue weighted by atomic mass is 14.9. The number of para-hydroxylation sites is 1. The maximum Gasteiger partial charge on any atom is 0.160 e. The summed E-state index contributed by atoms with van der Waals surface area (Å²) in [4.78, 5) is 38.8. The third-order valence-electron chi connectivity index (χ3n) is 19.4. The molecule has 0 unspecified atom stereocenters. The Labute approximate surface area is 601 Å². The van der Waals surface area contributed by atoms with Crippen molar-refractivity contribution < 1.29 is 0 Å². The van der Waals surface area contributed by atoms with Gasteiger partial charge in [0.2, 0.25) is 0 Å². The Balaban J connectivity index is 0.000000149. The lowest BCUT2D eigenvalue weighted by atomic mass is 9.86. The van der Waals surface area contributed by atoms with Gasteiger partial charge in [0, 0.05) is 104 Å². The summed E-state index contributed by atoms with van der Waals surface area (Å²) in [5.41, 5.74) is 24.0. The normalized spacial score (nSPS) is 11.3. The summed E-state index contributed by atoms with van der Waals surface area (Å²) < 4.78 is 0. The molecule has 0 aliphatic heterocycles. The summed E-state index contributed by atoms with van der Waals surface area (Å²) in [6.07, 6.45) is 13.2. The van der Waals surface area contributed by atoms with Gasteiger partial charge in [-0.2, -0.15) is 0 Å². The minimum absolute atomic E-state index is 0.674. The summed E-state index contributed by atoms with van der Waals surface area (Å²) in [6, 6.07) is 117. The second kappa shape index (κ2) is 27.6. The number of fused-ring (bicyclic) bond motifs is 5. The highest BCUT2D eigenvalue weighted by Gasteiger charge is 2.22. The van der Waals surface area contributed by atoms with E-state index in [1.54, 1.807) is 12.4 Å². The van der Waals surface area contributed by atoms with Crippen molar-refractivity contribution in [2.75, 3.05) is 0 Å². The van der Waals surface area contributed by atoms with E-state index in [1.807, 2.05) is 91.6 Å².